The van der Waals surface area contributed by atoms with Crippen molar-refractivity contribution in [3.8, 4) is 11.1 Å². The molecule has 0 aliphatic heterocycles. The Labute approximate surface area is 159 Å². The molecule has 28 heavy (non-hydrogen) atoms. The molecule has 0 saturated heterocycles. The molecule has 0 aromatic heterocycles. The average Bonchev–Trinajstić information content (AvgIpc) is 2.67. The number of esters is 2. The van der Waals surface area contributed by atoms with E-state index in [9.17, 15) is 29.8 Å². The summed E-state index contributed by atoms with van der Waals surface area (Å²) >= 11 is 0. The smallest absolute Gasteiger partial charge is 0.339 e. The molecule has 146 valence electrons. The number of ether oxygens (including phenoxy) is 2. The first-order valence-electron chi connectivity index (χ1n) is 8.22. The Hall–Kier alpha value is -3.82. The Bertz CT molecular complexity index is 877. The van der Waals surface area contributed by atoms with Crippen LogP contribution in [0.5, 0.6) is 0 Å². The Morgan fingerprint density at radius 2 is 1.14 bits per heavy atom. The second kappa shape index (κ2) is 8.71. The summed E-state index contributed by atoms with van der Waals surface area (Å²) in [5.41, 5.74) is -2.44. The molecule has 0 saturated carbocycles. The van der Waals surface area contributed by atoms with Crippen molar-refractivity contribution >= 4 is 23.3 Å². The van der Waals surface area contributed by atoms with E-state index in [0.29, 0.717) is 0 Å². The van der Waals surface area contributed by atoms with Gasteiger partial charge >= 0.3 is 11.9 Å². The van der Waals surface area contributed by atoms with Crippen molar-refractivity contribution in [1.29, 1.82) is 0 Å². The van der Waals surface area contributed by atoms with E-state index < -0.39 is 33.2 Å². The summed E-state index contributed by atoms with van der Waals surface area (Å²) in [7, 11) is 0. The van der Waals surface area contributed by atoms with Gasteiger partial charge in [-0.2, -0.15) is 0 Å². The molecule has 2 rings (SSSR count). The van der Waals surface area contributed by atoms with Crippen molar-refractivity contribution in [2.75, 3.05) is 13.2 Å². The topological polar surface area (TPSA) is 139 Å². The summed E-state index contributed by atoms with van der Waals surface area (Å²) < 4.78 is 9.85. The van der Waals surface area contributed by atoms with Crippen molar-refractivity contribution < 1.29 is 28.9 Å². The van der Waals surface area contributed by atoms with Crippen LogP contribution < -0.4 is 0 Å². The van der Waals surface area contributed by atoms with Crippen LogP contribution in [0, 0.1) is 20.2 Å². The second-order valence-corrected chi connectivity index (χ2v) is 5.35. The predicted molar refractivity (Wildman–Crippen MR) is 97.1 cm³/mol. The van der Waals surface area contributed by atoms with Crippen LogP contribution in [-0.2, 0) is 9.47 Å². The summed E-state index contributed by atoms with van der Waals surface area (Å²) in [6.07, 6.45) is 0. The molecule has 0 amide bonds. The van der Waals surface area contributed by atoms with Crippen LogP contribution in [0.4, 0.5) is 11.4 Å². The number of hydrogen-bond acceptors (Lipinski definition) is 8. The van der Waals surface area contributed by atoms with E-state index in [1.165, 1.54) is 24.3 Å². The lowest BCUT2D eigenvalue weighted by molar-refractivity contribution is -0.386. The largest absolute Gasteiger partial charge is 0.462 e. The van der Waals surface area contributed by atoms with Crippen LogP contribution >= 0.6 is 0 Å². The maximum absolute atomic E-state index is 12.4. The Morgan fingerprint density at radius 1 is 0.786 bits per heavy atom. The van der Waals surface area contributed by atoms with Crippen LogP contribution in [0.25, 0.3) is 11.1 Å². The molecule has 0 bridgehead atoms. The third kappa shape index (κ3) is 3.95. The van der Waals surface area contributed by atoms with E-state index in [0.717, 1.165) is 12.1 Å². The van der Waals surface area contributed by atoms with Gasteiger partial charge in [0.2, 0.25) is 0 Å². The molecule has 0 N–H and O–H groups in total. The van der Waals surface area contributed by atoms with E-state index in [-0.39, 0.29) is 35.5 Å². The zero-order valence-corrected chi connectivity index (χ0v) is 15.0. The maximum Gasteiger partial charge on any atom is 0.339 e. The summed E-state index contributed by atoms with van der Waals surface area (Å²) in [4.78, 5) is 46.3. The highest BCUT2D eigenvalue weighted by Gasteiger charge is 2.33. The average molecular weight is 388 g/mol. The third-order valence-corrected chi connectivity index (χ3v) is 3.72. The highest BCUT2D eigenvalue weighted by atomic mass is 16.6. The van der Waals surface area contributed by atoms with Gasteiger partial charge in [0.15, 0.2) is 0 Å². The van der Waals surface area contributed by atoms with E-state index in [1.54, 1.807) is 13.8 Å². The summed E-state index contributed by atoms with van der Waals surface area (Å²) in [6, 6.07) is 7.17. The quantitative estimate of drug-likeness (QED) is 0.399. The van der Waals surface area contributed by atoms with E-state index in [2.05, 4.69) is 0 Å². The number of carbonyl (C=O) groups excluding carboxylic acids is 2. The molecule has 0 aliphatic rings. The Kier molecular flexibility index (Phi) is 6.38. The minimum Gasteiger partial charge on any atom is -0.462 e. The van der Waals surface area contributed by atoms with Gasteiger partial charge in [0.25, 0.3) is 11.4 Å². The van der Waals surface area contributed by atoms with Gasteiger partial charge in [-0.15, -0.1) is 0 Å². The van der Waals surface area contributed by atoms with Crippen LogP contribution in [-0.4, -0.2) is 35.0 Å². The monoisotopic (exact) mass is 388 g/mol. The van der Waals surface area contributed by atoms with E-state index in [1.807, 2.05) is 0 Å². The van der Waals surface area contributed by atoms with Crippen molar-refractivity contribution in [2.24, 2.45) is 0 Å². The molecule has 0 radical (unpaired) electrons. The molecule has 0 atom stereocenters. The van der Waals surface area contributed by atoms with Gasteiger partial charge in [-0.3, -0.25) is 20.2 Å². The SMILES string of the molecule is CCOC(=O)c1cccc([N+](=O)[O-])c1-c1c(C(=O)OCC)cccc1[N+](=O)[O-]. The zero-order valence-electron chi connectivity index (χ0n) is 15.0. The van der Waals surface area contributed by atoms with Crippen LogP contribution in [0.2, 0.25) is 0 Å². The highest BCUT2D eigenvalue weighted by molar-refractivity contribution is 6.07. The van der Waals surface area contributed by atoms with Gasteiger partial charge in [0, 0.05) is 12.1 Å². The molecule has 2 aromatic carbocycles. The fraction of sp³-hybridized carbons (Fsp3) is 0.222. The minimum absolute atomic E-state index is 0.0113. The first kappa shape index (κ1) is 20.5. The van der Waals surface area contributed by atoms with Crippen molar-refractivity contribution in [3.05, 3.63) is 67.8 Å². The molecular formula is C18H16N2O8. The van der Waals surface area contributed by atoms with E-state index >= 15 is 0 Å². The summed E-state index contributed by atoms with van der Waals surface area (Å²) in [6.45, 7) is 3.07. The Balaban J connectivity index is 2.97. The lowest BCUT2D eigenvalue weighted by Gasteiger charge is -2.13. The molecular weight excluding hydrogens is 372 g/mol. The molecule has 10 heteroatoms. The van der Waals surface area contributed by atoms with Gasteiger partial charge in [-0.05, 0) is 26.0 Å². The molecule has 0 fully saturated rings. The molecule has 0 aliphatic carbocycles. The van der Waals surface area contributed by atoms with Crippen LogP contribution in [0.3, 0.4) is 0 Å². The number of nitro benzene ring substituents is 2. The number of hydrogen-bond donors (Lipinski definition) is 0. The number of nitro groups is 2. The fourth-order valence-electron chi connectivity index (χ4n) is 2.67. The maximum atomic E-state index is 12.4. The fourth-order valence-corrected chi connectivity index (χ4v) is 2.67. The van der Waals surface area contributed by atoms with Gasteiger partial charge in [0.1, 0.15) is 0 Å². The van der Waals surface area contributed by atoms with Gasteiger partial charge in [-0.1, -0.05) is 12.1 Å². The first-order valence-corrected chi connectivity index (χ1v) is 8.22. The van der Waals surface area contributed by atoms with Crippen LogP contribution in [0.15, 0.2) is 36.4 Å². The van der Waals surface area contributed by atoms with Crippen molar-refractivity contribution in [1.82, 2.24) is 0 Å². The lowest BCUT2D eigenvalue weighted by Crippen LogP contribution is -2.12. The molecule has 0 unspecified atom stereocenters. The second-order valence-electron chi connectivity index (χ2n) is 5.35. The molecule has 0 spiro atoms. The minimum atomic E-state index is -0.908. The number of carbonyl (C=O) groups is 2. The molecule has 2 aromatic rings. The highest BCUT2D eigenvalue weighted by Crippen LogP contribution is 2.41. The van der Waals surface area contributed by atoms with Crippen molar-refractivity contribution in [3.63, 3.8) is 0 Å². The van der Waals surface area contributed by atoms with Crippen molar-refractivity contribution in [2.45, 2.75) is 13.8 Å². The standard InChI is InChI=1S/C18H16N2O8/c1-3-27-17(21)11-7-5-9-13(19(23)24)15(11)16-12(18(22)28-4-2)8-6-10-14(16)20(25)26/h5-10H,3-4H2,1-2H3. The lowest BCUT2D eigenvalue weighted by atomic mass is 9.92. The molecule has 0 heterocycles. The van der Waals surface area contributed by atoms with Gasteiger partial charge in [0.05, 0.1) is 45.3 Å². The van der Waals surface area contributed by atoms with Gasteiger partial charge in [-0.25, -0.2) is 9.59 Å². The van der Waals surface area contributed by atoms with Gasteiger partial charge < -0.3 is 9.47 Å². The normalized spacial score (nSPS) is 10.2. The number of nitrogens with zero attached hydrogens (tertiary/aromatic N) is 2. The summed E-state index contributed by atoms with van der Waals surface area (Å²) in [5, 5.41) is 23.2. The predicted octanol–water partition coefficient (Wildman–Crippen LogP) is 3.52. The Morgan fingerprint density at radius 3 is 1.43 bits per heavy atom. The third-order valence-electron chi connectivity index (χ3n) is 3.72. The zero-order chi connectivity index (χ0) is 20.8. The summed E-state index contributed by atoms with van der Waals surface area (Å²) in [5.74, 6) is -1.82. The molecule has 10 nitrogen and oxygen atoms in total. The number of benzene rings is 2. The van der Waals surface area contributed by atoms with E-state index in [4.69, 9.17) is 9.47 Å². The number of rotatable bonds is 7. The van der Waals surface area contributed by atoms with Crippen LogP contribution in [0.1, 0.15) is 34.6 Å². The first-order chi connectivity index (χ1) is 13.3.